The Kier molecular flexibility index (Phi) is 5.36. The number of rotatable bonds is 6. The number of piperazine rings is 1. The molecule has 5 heteroatoms. The third kappa shape index (κ3) is 4.03. The molecule has 2 heterocycles. The lowest BCUT2D eigenvalue weighted by Gasteiger charge is -2.38. The minimum absolute atomic E-state index is 0.628. The monoisotopic (exact) mass is 266 g/mol. The molecule has 0 radical (unpaired) electrons. The standard InChI is InChI=1S/C14H26N4O/c1-4-15-9-13-8-14(19-16-13)11-17-6-7-18(5-2)12(3)10-17/h8,12,15H,4-7,9-11H2,1-3H3. The summed E-state index contributed by atoms with van der Waals surface area (Å²) in [5.74, 6) is 0.977. The molecule has 0 aromatic carbocycles. The molecule has 0 saturated carbocycles. The zero-order valence-electron chi connectivity index (χ0n) is 12.4. The van der Waals surface area contributed by atoms with Crippen molar-refractivity contribution in [3.8, 4) is 0 Å². The van der Waals surface area contributed by atoms with Gasteiger partial charge in [-0.25, -0.2) is 0 Å². The fraction of sp³-hybridized carbons (Fsp3) is 0.786. The first kappa shape index (κ1) is 14.5. The fourth-order valence-electron chi connectivity index (χ4n) is 2.67. The molecule has 1 N–H and O–H groups in total. The van der Waals surface area contributed by atoms with E-state index in [9.17, 15) is 0 Å². The number of hydrogen-bond donors (Lipinski definition) is 1. The van der Waals surface area contributed by atoms with E-state index < -0.39 is 0 Å². The van der Waals surface area contributed by atoms with Crippen LogP contribution in [0.3, 0.4) is 0 Å². The van der Waals surface area contributed by atoms with Gasteiger partial charge in [-0.1, -0.05) is 19.0 Å². The number of aromatic nitrogens is 1. The van der Waals surface area contributed by atoms with Gasteiger partial charge in [-0.15, -0.1) is 0 Å². The molecule has 1 saturated heterocycles. The van der Waals surface area contributed by atoms with Gasteiger partial charge in [0.25, 0.3) is 0 Å². The summed E-state index contributed by atoms with van der Waals surface area (Å²) in [5, 5.41) is 7.35. The lowest BCUT2D eigenvalue weighted by Crippen LogP contribution is -2.51. The molecule has 108 valence electrons. The van der Waals surface area contributed by atoms with Crippen LogP contribution in [0.1, 0.15) is 32.2 Å². The predicted octanol–water partition coefficient (Wildman–Crippen LogP) is 1.31. The smallest absolute Gasteiger partial charge is 0.151 e. The van der Waals surface area contributed by atoms with E-state index in [4.69, 9.17) is 4.52 Å². The number of nitrogens with one attached hydrogen (secondary N) is 1. The Labute approximate surface area is 115 Å². The van der Waals surface area contributed by atoms with Crippen LogP contribution in [0.4, 0.5) is 0 Å². The molecule has 1 aliphatic heterocycles. The topological polar surface area (TPSA) is 44.5 Å². The zero-order chi connectivity index (χ0) is 13.7. The second kappa shape index (κ2) is 7.03. The average molecular weight is 266 g/mol. The van der Waals surface area contributed by atoms with Crippen molar-refractivity contribution in [2.45, 2.75) is 39.9 Å². The fourth-order valence-corrected chi connectivity index (χ4v) is 2.67. The summed E-state index contributed by atoms with van der Waals surface area (Å²) >= 11 is 0. The Balaban J connectivity index is 1.83. The van der Waals surface area contributed by atoms with Gasteiger partial charge in [-0.2, -0.15) is 0 Å². The first-order valence-electron chi connectivity index (χ1n) is 7.34. The SMILES string of the molecule is CCNCc1cc(CN2CCN(CC)C(C)C2)on1. The molecule has 0 spiro atoms. The summed E-state index contributed by atoms with van der Waals surface area (Å²) in [7, 11) is 0. The first-order chi connectivity index (χ1) is 9.22. The van der Waals surface area contributed by atoms with Crippen LogP contribution in [0.25, 0.3) is 0 Å². The highest BCUT2D eigenvalue weighted by atomic mass is 16.5. The molecule has 0 amide bonds. The molecule has 1 aromatic heterocycles. The normalized spacial score (nSPS) is 21.9. The molecule has 19 heavy (non-hydrogen) atoms. The Morgan fingerprint density at radius 1 is 1.42 bits per heavy atom. The number of hydrogen-bond acceptors (Lipinski definition) is 5. The van der Waals surface area contributed by atoms with Crippen molar-refractivity contribution in [3.05, 3.63) is 17.5 Å². The van der Waals surface area contributed by atoms with Gasteiger partial charge in [0.15, 0.2) is 5.76 Å². The van der Waals surface area contributed by atoms with Crippen molar-refractivity contribution in [2.75, 3.05) is 32.7 Å². The number of nitrogens with zero attached hydrogens (tertiary/aromatic N) is 3. The van der Waals surface area contributed by atoms with Gasteiger partial charge < -0.3 is 9.84 Å². The van der Waals surface area contributed by atoms with Crippen molar-refractivity contribution in [3.63, 3.8) is 0 Å². The minimum Gasteiger partial charge on any atom is -0.360 e. The molecule has 5 nitrogen and oxygen atoms in total. The van der Waals surface area contributed by atoms with Crippen molar-refractivity contribution in [2.24, 2.45) is 0 Å². The van der Waals surface area contributed by atoms with Crippen molar-refractivity contribution in [1.29, 1.82) is 0 Å². The average Bonchev–Trinajstić information content (AvgIpc) is 2.84. The Hall–Kier alpha value is -0.910. The molecule has 0 bridgehead atoms. The molecule has 1 aliphatic rings. The molecule has 1 unspecified atom stereocenters. The van der Waals surface area contributed by atoms with Crippen LogP contribution < -0.4 is 5.32 Å². The second-order valence-corrected chi connectivity index (χ2v) is 5.28. The largest absolute Gasteiger partial charge is 0.360 e. The zero-order valence-corrected chi connectivity index (χ0v) is 12.4. The summed E-state index contributed by atoms with van der Waals surface area (Å²) in [6.45, 7) is 13.8. The first-order valence-corrected chi connectivity index (χ1v) is 7.34. The Morgan fingerprint density at radius 2 is 2.26 bits per heavy atom. The van der Waals surface area contributed by atoms with E-state index in [1.165, 1.54) is 0 Å². The maximum absolute atomic E-state index is 5.41. The van der Waals surface area contributed by atoms with E-state index in [0.717, 1.165) is 57.3 Å². The van der Waals surface area contributed by atoms with Crippen LogP contribution >= 0.6 is 0 Å². The van der Waals surface area contributed by atoms with Crippen LogP contribution in [-0.4, -0.2) is 53.7 Å². The number of likely N-dealkylation sites (N-methyl/N-ethyl adjacent to an activating group) is 1. The lowest BCUT2D eigenvalue weighted by molar-refractivity contribution is 0.0774. The van der Waals surface area contributed by atoms with Gasteiger partial charge in [0.05, 0.1) is 12.2 Å². The van der Waals surface area contributed by atoms with Gasteiger partial charge in [0, 0.05) is 38.3 Å². The molecular weight excluding hydrogens is 240 g/mol. The maximum atomic E-state index is 5.41. The van der Waals surface area contributed by atoms with Crippen molar-refractivity contribution in [1.82, 2.24) is 20.3 Å². The van der Waals surface area contributed by atoms with Crippen LogP contribution in [0, 0.1) is 0 Å². The van der Waals surface area contributed by atoms with Crippen molar-refractivity contribution >= 4 is 0 Å². The van der Waals surface area contributed by atoms with Crippen molar-refractivity contribution < 1.29 is 4.52 Å². The third-order valence-electron chi connectivity index (χ3n) is 3.80. The Bertz CT molecular complexity index is 379. The van der Waals surface area contributed by atoms with Gasteiger partial charge in [-0.3, -0.25) is 9.80 Å². The summed E-state index contributed by atoms with van der Waals surface area (Å²) in [6.07, 6.45) is 0. The van der Waals surface area contributed by atoms with E-state index in [2.05, 4.69) is 47.1 Å². The quantitative estimate of drug-likeness (QED) is 0.841. The van der Waals surface area contributed by atoms with E-state index >= 15 is 0 Å². The highest BCUT2D eigenvalue weighted by Crippen LogP contribution is 2.13. The highest BCUT2D eigenvalue weighted by Gasteiger charge is 2.23. The third-order valence-corrected chi connectivity index (χ3v) is 3.80. The van der Waals surface area contributed by atoms with Gasteiger partial charge in [0.2, 0.25) is 0 Å². The minimum atomic E-state index is 0.628. The van der Waals surface area contributed by atoms with Crippen LogP contribution in [0.5, 0.6) is 0 Å². The van der Waals surface area contributed by atoms with Crippen LogP contribution in [-0.2, 0) is 13.1 Å². The molecule has 1 fully saturated rings. The summed E-state index contributed by atoms with van der Waals surface area (Å²) < 4.78 is 5.41. The van der Waals surface area contributed by atoms with E-state index in [-0.39, 0.29) is 0 Å². The van der Waals surface area contributed by atoms with Crippen LogP contribution in [0.2, 0.25) is 0 Å². The maximum Gasteiger partial charge on any atom is 0.151 e. The summed E-state index contributed by atoms with van der Waals surface area (Å²) in [6, 6.07) is 2.70. The summed E-state index contributed by atoms with van der Waals surface area (Å²) in [4.78, 5) is 4.97. The second-order valence-electron chi connectivity index (χ2n) is 5.28. The van der Waals surface area contributed by atoms with E-state index in [1.54, 1.807) is 0 Å². The van der Waals surface area contributed by atoms with Crippen LogP contribution in [0.15, 0.2) is 10.6 Å². The molecule has 1 atom stereocenters. The molecule has 2 rings (SSSR count). The van der Waals surface area contributed by atoms with Gasteiger partial charge >= 0.3 is 0 Å². The molecule has 0 aliphatic carbocycles. The van der Waals surface area contributed by atoms with Gasteiger partial charge in [0.1, 0.15) is 0 Å². The lowest BCUT2D eigenvalue weighted by atomic mass is 10.2. The Morgan fingerprint density at radius 3 is 2.95 bits per heavy atom. The van der Waals surface area contributed by atoms with E-state index in [0.29, 0.717) is 6.04 Å². The summed E-state index contributed by atoms with van der Waals surface area (Å²) in [5.41, 5.74) is 0.997. The molecule has 1 aromatic rings. The highest BCUT2D eigenvalue weighted by molar-refractivity contribution is 5.05. The predicted molar refractivity (Wildman–Crippen MR) is 75.9 cm³/mol. The van der Waals surface area contributed by atoms with E-state index in [1.807, 2.05) is 0 Å². The molecular formula is C14H26N4O. The van der Waals surface area contributed by atoms with Gasteiger partial charge in [-0.05, 0) is 20.0 Å².